The van der Waals surface area contributed by atoms with E-state index in [1.54, 1.807) is 0 Å². The fraction of sp³-hybridized carbons (Fsp3) is 0.333. The van der Waals surface area contributed by atoms with Gasteiger partial charge in [0, 0.05) is 5.39 Å². The van der Waals surface area contributed by atoms with Crippen LogP contribution in [0, 0.1) is 0 Å². The van der Waals surface area contributed by atoms with Gasteiger partial charge in [0.25, 0.3) is 0 Å². The van der Waals surface area contributed by atoms with Crippen molar-refractivity contribution in [1.29, 1.82) is 0 Å². The van der Waals surface area contributed by atoms with Crippen molar-refractivity contribution in [2.75, 3.05) is 0 Å². The largest absolute Gasteiger partial charge is 0.462 e. The number of fused-ring (bicyclic) bond motifs is 5. The van der Waals surface area contributed by atoms with Crippen LogP contribution in [0.3, 0.4) is 0 Å². The minimum absolute atomic E-state index is 0.0482. The molecule has 1 unspecified atom stereocenters. The minimum atomic E-state index is 0.0482. The van der Waals surface area contributed by atoms with Gasteiger partial charge in [-0.15, -0.1) is 0 Å². The van der Waals surface area contributed by atoms with Crippen molar-refractivity contribution in [1.82, 2.24) is 14.4 Å². The molecule has 2 aromatic heterocycles. The van der Waals surface area contributed by atoms with Gasteiger partial charge in [0.2, 0.25) is 0 Å². The highest BCUT2D eigenvalue weighted by atomic mass is 16.5. The zero-order valence-electron chi connectivity index (χ0n) is 15.2. The first-order valence-electron chi connectivity index (χ1n) is 8.96. The molecule has 25 heavy (non-hydrogen) atoms. The van der Waals surface area contributed by atoms with E-state index in [0.29, 0.717) is 11.9 Å². The molecular formula is C21H23N3O. The lowest BCUT2D eigenvalue weighted by molar-refractivity contribution is 0.221. The van der Waals surface area contributed by atoms with Crippen molar-refractivity contribution < 1.29 is 4.74 Å². The van der Waals surface area contributed by atoms with Crippen LogP contribution in [0.25, 0.3) is 27.6 Å². The lowest BCUT2D eigenvalue weighted by Gasteiger charge is -2.16. The Kier molecular flexibility index (Phi) is 3.83. The van der Waals surface area contributed by atoms with Gasteiger partial charge in [-0.1, -0.05) is 38.1 Å². The quantitative estimate of drug-likeness (QED) is 0.506. The molecule has 0 aliphatic heterocycles. The van der Waals surface area contributed by atoms with Crippen LogP contribution in [0.1, 0.15) is 45.6 Å². The zero-order chi connectivity index (χ0) is 17.6. The third kappa shape index (κ3) is 2.53. The molecule has 0 bridgehead atoms. The first-order chi connectivity index (χ1) is 12.1. The molecule has 0 aliphatic carbocycles. The van der Waals surface area contributed by atoms with Crippen LogP contribution < -0.4 is 4.74 Å². The lowest BCUT2D eigenvalue weighted by Crippen LogP contribution is -2.11. The predicted octanol–water partition coefficient (Wildman–Crippen LogP) is 5.34. The molecule has 0 radical (unpaired) electrons. The van der Waals surface area contributed by atoms with Crippen molar-refractivity contribution in [2.45, 2.75) is 46.1 Å². The van der Waals surface area contributed by atoms with Crippen molar-refractivity contribution in [3.8, 4) is 6.01 Å². The van der Waals surface area contributed by atoms with Gasteiger partial charge in [-0.2, -0.15) is 4.98 Å². The molecule has 4 rings (SSSR count). The smallest absolute Gasteiger partial charge is 0.303 e. The maximum absolute atomic E-state index is 6.04. The van der Waals surface area contributed by atoms with Gasteiger partial charge in [0.1, 0.15) is 0 Å². The second kappa shape index (κ2) is 6.03. The molecule has 128 valence electrons. The summed E-state index contributed by atoms with van der Waals surface area (Å²) in [5.41, 5.74) is 5.16. The van der Waals surface area contributed by atoms with Crippen molar-refractivity contribution >= 4 is 27.6 Å². The van der Waals surface area contributed by atoms with Crippen LogP contribution >= 0.6 is 0 Å². The van der Waals surface area contributed by atoms with Gasteiger partial charge < -0.3 is 4.74 Å². The van der Waals surface area contributed by atoms with Gasteiger partial charge in [0.05, 0.1) is 22.7 Å². The van der Waals surface area contributed by atoms with Crippen molar-refractivity contribution in [2.24, 2.45) is 0 Å². The Balaban J connectivity index is 2.19. The van der Waals surface area contributed by atoms with E-state index in [1.165, 1.54) is 5.56 Å². The second-order valence-electron chi connectivity index (χ2n) is 6.87. The highest BCUT2D eigenvalue weighted by molar-refractivity contribution is 5.99. The Labute approximate surface area is 147 Å². The number of aromatic nitrogens is 3. The van der Waals surface area contributed by atoms with E-state index in [1.807, 2.05) is 38.1 Å². The van der Waals surface area contributed by atoms with Gasteiger partial charge in [-0.05, 0) is 49.9 Å². The molecule has 0 aliphatic rings. The third-order valence-electron chi connectivity index (χ3n) is 4.75. The first kappa shape index (κ1) is 15.9. The highest BCUT2D eigenvalue weighted by Crippen LogP contribution is 2.33. The molecule has 0 saturated heterocycles. The first-order valence-corrected chi connectivity index (χ1v) is 8.96. The number of rotatable bonds is 4. The summed E-state index contributed by atoms with van der Waals surface area (Å²) in [6.45, 7) is 8.51. The van der Waals surface area contributed by atoms with Crippen LogP contribution in [0.4, 0.5) is 0 Å². The molecule has 0 saturated carbocycles. The highest BCUT2D eigenvalue weighted by Gasteiger charge is 2.19. The van der Waals surface area contributed by atoms with E-state index in [9.17, 15) is 0 Å². The Morgan fingerprint density at radius 1 is 0.960 bits per heavy atom. The Morgan fingerprint density at radius 2 is 1.72 bits per heavy atom. The van der Waals surface area contributed by atoms with Crippen LogP contribution in [0.2, 0.25) is 0 Å². The predicted molar refractivity (Wildman–Crippen MR) is 102 cm³/mol. The molecular weight excluding hydrogens is 310 g/mol. The van der Waals surface area contributed by atoms with E-state index >= 15 is 0 Å². The second-order valence-corrected chi connectivity index (χ2v) is 6.87. The summed E-state index contributed by atoms with van der Waals surface area (Å²) in [4.78, 5) is 9.78. The SMILES string of the molecule is CCC(C)c1cccc2nc(OC(C)C)n3c4ccccc4nc3c12. The van der Waals surface area contributed by atoms with Crippen molar-refractivity contribution in [3.05, 3.63) is 48.0 Å². The average molecular weight is 333 g/mol. The molecule has 1 atom stereocenters. The number of ether oxygens (including phenoxy) is 1. The van der Waals surface area contributed by atoms with E-state index in [4.69, 9.17) is 14.7 Å². The summed E-state index contributed by atoms with van der Waals surface area (Å²) in [6, 6.07) is 15.1. The molecule has 0 fully saturated rings. The molecule has 4 aromatic rings. The number of imidazole rings is 1. The molecule has 0 spiro atoms. The molecule has 2 heterocycles. The summed E-state index contributed by atoms with van der Waals surface area (Å²) < 4.78 is 8.10. The Bertz CT molecular complexity index is 1060. The minimum Gasteiger partial charge on any atom is -0.462 e. The lowest BCUT2D eigenvalue weighted by atomic mass is 9.95. The van der Waals surface area contributed by atoms with E-state index < -0.39 is 0 Å². The van der Waals surface area contributed by atoms with Crippen LogP contribution in [0.5, 0.6) is 6.01 Å². The summed E-state index contributed by atoms with van der Waals surface area (Å²) in [5, 5.41) is 1.13. The number of hydrogen-bond donors (Lipinski definition) is 0. The monoisotopic (exact) mass is 333 g/mol. The molecule has 0 amide bonds. The maximum Gasteiger partial charge on any atom is 0.303 e. The topological polar surface area (TPSA) is 39.4 Å². The fourth-order valence-corrected chi connectivity index (χ4v) is 3.36. The van der Waals surface area contributed by atoms with Gasteiger partial charge >= 0.3 is 6.01 Å². The summed E-state index contributed by atoms with van der Waals surface area (Å²) in [6.07, 6.45) is 1.13. The zero-order valence-corrected chi connectivity index (χ0v) is 15.2. The van der Waals surface area contributed by atoms with E-state index in [2.05, 4.69) is 36.4 Å². The van der Waals surface area contributed by atoms with Crippen LogP contribution in [0.15, 0.2) is 42.5 Å². The molecule has 4 nitrogen and oxygen atoms in total. The average Bonchev–Trinajstić information content (AvgIpc) is 3.00. The van der Waals surface area contributed by atoms with Gasteiger partial charge in [-0.3, -0.25) is 0 Å². The fourth-order valence-electron chi connectivity index (χ4n) is 3.36. The van der Waals surface area contributed by atoms with Gasteiger partial charge in [-0.25, -0.2) is 9.38 Å². The van der Waals surface area contributed by atoms with E-state index in [0.717, 1.165) is 34.0 Å². The molecule has 0 N–H and O–H groups in total. The summed E-state index contributed by atoms with van der Waals surface area (Å²) in [7, 11) is 0. The Morgan fingerprint density at radius 3 is 2.48 bits per heavy atom. The Hall–Kier alpha value is -2.62. The molecule has 4 heteroatoms. The number of para-hydroxylation sites is 2. The normalized spacial score (nSPS) is 13.2. The van der Waals surface area contributed by atoms with Gasteiger partial charge in [0.15, 0.2) is 5.65 Å². The summed E-state index contributed by atoms with van der Waals surface area (Å²) in [5.74, 6) is 0.450. The standard InChI is InChI=1S/C21H23N3O/c1-5-14(4)15-9-8-11-17-19(15)20-22-16-10-6-7-12-18(16)24(20)21(23-17)25-13(2)3/h6-14H,5H2,1-4H3. The van der Waals surface area contributed by atoms with Crippen LogP contribution in [-0.4, -0.2) is 20.5 Å². The third-order valence-corrected chi connectivity index (χ3v) is 4.75. The number of benzene rings is 2. The number of nitrogens with zero attached hydrogens (tertiary/aromatic N) is 3. The molecule has 2 aromatic carbocycles. The number of hydrogen-bond acceptors (Lipinski definition) is 3. The van der Waals surface area contributed by atoms with E-state index in [-0.39, 0.29) is 6.10 Å². The summed E-state index contributed by atoms with van der Waals surface area (Å²) >= 11 is 0. The van der Waals surface area contributed by atoms with Crippen molar-refractivity contribution in [3.63, 3.8) is 0 Å². The maximum atomic E-state index is 6.04. The van der Waals surface area contributed by atoms with Crippen LogP contribution in [-0.2, 0) is 0 Å².